The minimum Gasteiger partial charge on any atom is -0.462 e. The van der Waals surface area contributed by atoms with Crippen LogP contribution in [0.3, 0.4) is 0 Å². The van der Waals surface area contributed by atoms with Crippen LogP contribution in [-0.2, 0) is 22.7 Å². The first kappa shape index (κ1) is 21.1. The van der Waals surface area contributed by atoms with Crippen molar-refractivity contribution in [2.75, 3.05) is 19.0 Å². The van der Waals surface area contributed by atoms with E-state index in [0.29, 0.717) is 24.7 Å². The molecule has 7 nitrogen and oxygen atoms in total. The van der Waals surface area contributed by atoms with Crippen molar-refractivity contribution in [3.63, 3.8) is 0 Å². The fourth-order valence-corrected chi connectivity index (χ4v) is 3.78. The van der Waals surface area contributed by atoms with Gasteiger partial charge in [-0.15, -0.1) is 0 Å². The number of rotatable bonds is 8. The minimum absolute atomic E-state index is 0.00398. The predicted molar refractivity (Wildman–Crippen MR) is 117 cm³/mol. The van der Waals surface area contributed by atoms with Crippen molar-refractivity contribution in [1.82, 2.24) is 9.88 Å². The van der Waals surface area contributed by atoms with Gasteiger partial charge < -0.3 is 19.2 Å². The number of nitrogens with zero attached hydrogens (tertiary/aromatic N) is 2. The van der Waals surface area contributed by atoms with Gasteiger partial charge in [0.1, 0.15) is 29.6 Å². The molecule has 0 spiro atoms. The number of amides is 1. The molecule has 0 radical (unpaired) electrons. The van der Waals surface area contributed by atoms with E-state index < -0.39 is 0 Å². The molecule has 2 aromatic heterocycles. The van der Waals surface area contributed by atoms with E-state index >= 15 is 0 Å². The monoisotopic (exact) mass is 421 g/mol. The lowest BCUT2D eigenvalue weighted by atomic mass is 10.0. The number of carbonyl (C=O) groups excluding carboxylic acids is 1. The molecule has 31 heavy (non-hydrogen) atoms. The van der Waals surface area contributed by atoms with Crippen molar-refractivity contribution in [2.45, 2.75) is 38.5 Å². The summed E-state index contributed by atoms with van der Waals surface area (Å²) in [6.45, 7) is 1.93. The van der Waals surface area contributed by atoms with Crippen LogP contribution >= 0.6 is 0 Å². The van der Waals surface area contributed by atoms with Gasteiger partial charge in [-0.1, -0.05) is 6.42 Å². The second kappa shape index (κ2) is 10.2. The summed E-state index contributed by atoms with van der Waals surface area (Å²) in [5, 5.41) is 3.04. The van der Waals surface area contributed by atoms with E-state index in [1.165, 1.54) is 0 Å². The lowest BCUT2D eigenvalue weighted by Crippen LogP contribution is -2.46. The maximum atomic E-state index is 13.0. The van der Waals surface area contributed by atoms with E-state index in [-0.39, 0.29) is 11.9 Å². The molecule has 4 rings (SSSR count). The Hall–Kier alpha value is -3.16. The van der Waals surface area contributed by atoms with E-state index in [4.69, 9.17) is 13.9 Å². The highest BCUT2D eigenvalue weighted by atomic mass is 16.5. The van der Waals surface area contributed by atoms with Gasteiger partial charge in [0.05, 0.1) is 18.8 Å². The largest absolute Gasteiger partial charge is 0.462 e. The number of hydrogen-bond acceptors (Lipinski definition) is 6. The molecule has 1 N–H and O–H groups in total. The molecular formula is C24H27N3O4. The summed E-state index contributed by atoms with van der Waals surface area (Å²) in [4.78, 5) is 19.2. The lowest BCUT2D eigenvalue weighted by Gasteiger charge is -2.34. The van der Waals surface area contributed by atoms with Crippen molar-refractivity contribution in [1.29, 1.82) is 0 Å². The molecule has 0 aliphatic carbocycles. The number of nitrogens with one attached hydrogen (secondary N) is 1. The van der Waals surface area contributed by atoms with Gasteiger partial charge in [0, 0.05) is 19.0 Å². The van der Waals surface area contributed by atoms with Crippen molar-refractivity contribution < 1.29 is 18.7 Å². The number of benzene rings is 1. The molecule has 1 aromatic carbocycles. The zero-order valence-corrected chi connectivity index (χ0v) is 17.6. The maximum absolute atomic E-state index is 13.0. The van der Waals surface area contributed by atoms with Crippen molar-refractivity contribution in [2.24, 2.45) is 0 Å². The average molecular weight is 421 g/mol. The molecule has 0 saturated carbocycles. The number of pyridine rings is 1. The standard InChI is InChI=1S/C24H27N3O4/c1-29-17-22-12-11-21(31-22)16-27-14-3-2-6-23(27)24(28)26-18-7-9-19(10-8-18)30-20-5-4-13-25-15-20/h4-5,7-13,15,23H,2-3,6,14,16-17H2,1H3,(H,26,28)/t23-/m0/s1. The van der Waals surface area contributed by atoms with Gasteiger partial charge in [-0.2, -0.15) is 0 Å². The fraction of sp³-hybridized carbons (Fsp3) is 0.333. The Labute approximate surface area is 182 Å². The van der Waals surface area contributed by atoms with Crippen LogP contribution in [0.15, 0.2) is 65.3 Å². The molecule has 1 fully saturated rings. The summed E-state index contributed by atoms with van der Waals surface area (Å²) in [5.41, 5.74) is 0.745. The Kier molecular flexibility index (Phi) is 6.96. The Morgan fingerprint density at radius 2 is 1.97 bits per heavy atom. The molecule has 1 atom stereocenters. The number of hydrogen-bond donors (Lipinski definition) is 1. The zero-order valence-electron chi connectivity index (χ0n) is 17.6. The normalized spacial score (nSPS) is 16.7. The summed E-state index contributed by atoms with van der Waals surface area (Å²) in [6.07, 6.45) is 6.31. The van der Waals surface area contributed by atoms with Crippen LogP contribution in [-0.4, -0.2) is 35.5 Å². The Morgan fingerprint density at radius 1 is 1.13 bits per heavy atom. The molecule has 1 aliphatic heterocycles. The average Bonchev–Trinajstić information content (AvgIpc) is 3.23. The highest BCUT2D eigenvalue weighted by Crippen LogP contribution is 2.24. The Morgan fingerprint density at radius 3 is 2.74 bits per heavy atom. The van der Waals surface area contributed by atoms with Gasteiger partial charge in [0.2, 0.25) is 5.91 Å². The summed E-state index contributed by atoms with van der Waals surface area (Å²) in [7, 11) is 1.64. The predicted octanol–water partition coefficient (Wildman–Crippen LogP) is 4.61. The SMILES string of the molecule is COCc1ccc(CN2CCCC[C@H]2C(=O)Nc2ccc(Oc3cccnc3)cc2)o1. The number of ether oxygens (including phenoxy) is 2. The molecule has 1 saturated heterocycles. The minimum atomic E-state index is -0.184. The third-order valence-electron chi connectivity index (χ3n) is 5.27. The number of piperidine rings is 1. The fourth-order valence-electron chi connectivity index (χ4n) is 3.78. The van der Waals surface area contributed by atoms with Gasteiger partial charge in [0.15, 0.2) is 0 Å². The van der Waals surface area contributed by atoms with Crippen LogP contribution in [0, 0.1) is 0 Å². The van der Waals surface area contributed by atoms with E-state index in [0.717, 1.165) is 43.0 Å². The van der Waals surface area contributed by atoms with Gasteiger partial charge in [0.25, 0.3) is 0 Å². The van der Waals surface area contributed by atoms with Gasteiger partial charge in [-0.3, -0.25) is 14.7 Å². The molecule has 1 aliphatic rings. The highest BCUT2D eigenvalue weighted by Gasteiger charge is 2.29. The summed E-state index contributed by atoms with van der Waals surface area (Å²) in [6, 6.07) is 14.7. The Balaban J connectivity index is 1.36. The lowest BCUT2D eigenvalue weighted by molar-refractivity contribution is -0.122. The molecule has 1 amide bonds. The smallest absolute Gasteiger partial charge is 0.241 e. The molecule has 3 heterocycles. The number of carbonyl (C=O) groups is 1. The molecule has 0 bridgehead atoms. The van der Waals surface area contributed by atoms with Crippen molar-refractivity contribution >= 4 is 11.6 Å². The summed E-state index contributed by atoms with van der Waals surface area (Å²) in [5.74, 6) is 3.01. The zero-order chi connectivity index (χ0) is 21.5. The van der Waals surface area contributed by atoms with Gasteiger partial charge in [-0.05, 0) is 67.9 Å². The number of anilines is 1. The van der Waals surface area contributed by atoms with Crippen LogP contribution in [0.1, 0.15) is 30.8 Å². The van der Waals surface area contributed by atoms with Crippen molar-refractivity contribution in [3.8, 4) is 11.5 Å². The topological polar surface area (TPSA) is 76.8 Å². The second-order valence-electron chi connectivity index (χ2n) is 7.59. The van der Waals surface area contributed by atoms with Crippen molar-refractivity contribution in [3.05, 3.63) is 72.4 Å². The van der Waals surface area contributed by atoms with Gasteiger partial charge >= 0.3 is 0 Å². The molecule has 7 heteroatoms. The van der Waals surface area contributed by atoms with Crippen LogP contribution in [0.5, 0.6) is 11.5 Å². The highest BCUT2D eigenvalue weighted by molar-refractivity contribution is 5.94. The third kappa shape index (κ3) is 5.71. The molecular weight excluding hydrogens is 394 g/mol. The van der Waals surface area contributed by atoms with E-state index in [9.17, 15) is 4.79 Å². The summed E-state index contributed by atoms with van der Waals surface area (Å²) >= 11 is 0. The number of aromatic nitrogens is 1. The first-order chi connectivity index (χ1) is 15.2. The molecule has 0 unspecified atom stereocenters. The maximum Gasteiger partial charge on any atom is 0.241 e. The van der Waals surface area contributed by atoms with E-state index in [2.05, 4.69) is 15.2 Å². The number of furan rings is 1. The molecule has 3 aromatic rings. The van der Waals surface area contributed by atoms with Gasteiger partial charge in [-0.25, -0.2) is 0 Å². The third-order valence-corrected chi connectivity index (χ3v) is 5.27. The molecule has 162 valence electrons. The Bertz CT molecular complexity index is 972. The van der Waals surface area contributed by atoms with Crippen LogP contribution in [0.2, 0.25) is 0 Å². The number of methoxy groups -OCH3 is 1. The first-order valence-corrected chi connectivity index (χ1v) is 10.5. The first-order valence-electron chi connectivity index (χ1n) is 10.5. The van der Waals surface area contributed by atoms with E-state index in [1.54, 1.807) is 19.5 Å². The quantitative estimate of drug-likeness (QED) is 0.573. The summed E-state index contributed by atoms with van der Waals surface area (Å²) < 4.78 is 16.7. The van der Waals surface area contributed by atoms with E-state index in [1.807, 2.05) is 48.5 Å². The van der Waals surface area contributed by atoms with Crippen LogP contribution in [0.25, 0.3) is 0 Å². The van der Waals surface area contributed by atoms with Crippen LogP contribution in [0.4, 0.5) is 5.69 Å². The second-order valence-corrected chi connectivity index (χ2v) is 7.59. The number of likely N-dealkylation sites (tertiary alicyclic amines) is 1. The van der Waals surface area contributed by atoms with Crippen LogP contribution < -0.4 is 10.1 Å².